The summed E-state index contributed by atoms with van der Waals surface area (Å²) in [7, 11) is 0. The molecule has 0 aliphatic rings. The molecule has 0 fully saturated rings. The lowest BCUT2D eigenvalue weighted by atomic mass is 10.1. The topological polar surface area (TPSA) is 77.2 Å². The second kappa shape index (κ2) is 5.42. The number of urea groups is 1. The highest BCUT2D eigenvalue weighted by Crippen LogP contribution is 2.25. The van der Waals surface area contributed by atoms with Gasteiger partial charge in [-0.25, -0.2) is 9.78 Å². The molecule has 0 spiro atoms. The minimum Gasteiger partial charge on any atom is -0.474 e. The van der Waals surface area contributed by atoms with Gasteiger partial charge in [0.2, 0.25) is 5.88 Å². The Balaban J connectivity index is 2.64. The van der Waals surface area contributed by atoms with E-state index in [0.717, 1.165) is 0 Å². The van der Waals surface area contributed by atoms with E-state index in [9.17, 15) is 4.79 Å². The molecular formula is C10H13Cl2N3O2. The van der Waals surface area contributed by atoms with Crippen molar-refractivity contribution < 1.29 is 9.53 Å². The Morgan fingerprint density at radius 2 is 2.24 bits per heavy atom. The summed E-state index contributed by atoms with van der Waals surface area (Å²) in [6.45, 7) is 3.72. The van der Waals surface area contributed by atoms with Gasteiger partial charge >= 0.3 is 6.03 Å². The molecule has 1 heterocycles. The Kier molecular flexibility index (Phi) is 4.42. The largest absolute Gasteiger partial charge is 0.474 e. The van der Waals surface area contributed by atoms with Crippen LogP contribution in [0.15, 0.2) is 12.3 Å². The van der Waals surface area contributed by atoms with E-state index in [1.165, 1.54) is 12.3 Å². The van der Waals surface area contributed by atoms with Crippen LogP contribution in [-0.2, 0) is 0 Å². The fourth-order valence-corrected chi connectivity index (χ4v) is 1.56. The van der Waals surface area contributed by atoms with E-state index in [2.05, 4.69) is 10.3 Å². The fraction of sp³-hybridized carbons (Fsp3) is 0.400. The van der Waals surface area contributed by atoms with Crippen molar-refractivity contribution in [3.63, 3.8) is 0 Å². The fourth-order valence-electron chi connectivity index (χ4n) is 1.13. The predicted molar refractivity (Wildman–Crippen MR) is 66.6 cm³/mol. The van der Waals surface area contributed by atoms with Crippen molar-refractivity contribution >= 4 is 29.2 Å². The van der Waals surface area contributed by atoms with Crippen molar-refractivity contribution in [1.29, 1.82) is 0 Å². The Morgan fingerprint density at radius 1 is 1.59 bits per heavy atom. The molecule has 0 saturated carbocycles. The lowest BCUT2D eigenvalue weighted by Gasteiger charge is -2.24. The minimum absolute atomic E-state index is 0.185. The monoisotopic (exact) mass is 277 g/mol. The highest BCUT2D eigenvalue weighted by atomic mass is 35.5. The van der Waals surface area contributed by atoms with Gasteiger partial charge in [0.15, 0.2) is 0 Å². The Morgan fingerprint density at radius 3 is 2.76 bits per heavy atom. The smallest absolute Gasteiger partial charge is 0.312 e. The number of primary amides is 1. The molecule has 17 heavy (non-hydrogen) atoms. The van der Waals surface area contributed by atoms with Crippen molar-refractivity contribution in [3.8, 4) is 5.88 Å². The van der Waals surface area contributed by atoms with Crippen LogP contribution in [0, 0.1) is 0 Å². The number of halogens is 2. The van der Waals surface area contributed by atoms with Crippen molar-refractivity contribution in [3.05, 3.63) is 22.3 Å². The van der Waals surface area contributed by atoms with Crippen LogP contribution in [0.5, 0.6) is 5.88 Å². The van der Waals surface area contributed by atoms with E-state index in [1.807, 2.05) is 0 Å². The van der Waals surface area contributed by atoms with Gasteiger partial charge in [-0.2, -0.15) is 0 Å². The zero-order valence-corrected chi connectivity index (χ0v) is 11.0. The first-order valence-electron chi connectivity index (χ1n) is 4.81. The maximum Gasteiger partial charge on any atom is 0.312 e. The number of rotatable bonds is 4. The van der Waals surface area contributed by atoms with Gasteiger partial charge < -0.3 is 15.8 Å². The summed E-state index contributed by atoms with van der Waals surface area (Å²) in [5.41, 5.74) is 4.42. The van der Waals surface area contributed by atoms with Crippen molar-refractivity contribution in [1.82, 2.24) is 10.3 Å². The van der Waals surface area contributed by atoms with Gasteiger partial charge in [-0.3, -0.25) is 0 Å². The lowest BCUT2D eigenvalue weighted by molar-refractivity contribution is 0.196. The lowest BCUT2D eigenvalue weighted by Crippen LogP contribution is -2.50. The molecule has 0 atom stereocenters. The number of aromatic nitrogens is 1. The van der Waals surface area contributed by atoms with Crippen LogP contribution < -0.4 is 15.8 Å². The summed E-state index contributed by atoms with van der Waals surface area (Å²) in [6.07, 6.45) is 1.43. The molecule has 2 amide bonds. The quantitative estimate of drug-likeness (QED) is 0.886. The molecule has 0 unspecified atom stereocenters. The number of carbonyl (C=O) groups is 1. The second-order valence-electron chi connectivity index (χ2n) is 4.10. The van der Waals surface area contributed by atoms with Crippen molar-refractivity contribution in [2.75, 3.05) is 6.61 Å². The zero-order valence-electron chi connectivity index (χ0n) is 9.46. The molecular weight excluding hydrogens is 265 g/mol. The van der Waals surface area contributed by atoms with Crippen LogP contribution in [-0.4, -0.2) is 23.2 Å². The normalized spacial score (nSPS) is 11.1. The predicted octanol–water partition coefficient (Wildman–Crippen LogP) is 2.21. The molecule has 7 heteroatoms. The van der Waals surface area contributed by atoms with Crippen LogP contribution in [0.1, 0.15) is 13.8 Å². The van der Waals surface area contributed by atoms with Crippen molar-refractivity contribution in [2.45, 2.75) is 19.4 Å². The molecule has 5 nitrogen and oxygen atoms in total. The maximum atomic E-state index is 10.7. The number of hydrogen-bond acceptors (Lipinski definition) is 3. The first-order chi connectivity index (χ1) is 7.80. The van der Waals surface area contributed by atoms with Gasteiger partial charge in [-0.05, 0) is 19.9 Å². The van der Waals surface area contributed by atoms with Gasteiger partial charge in [0.05, 0.1) is 10.6 Å². The summed E-state index contributed by atoms with van der Waals surface area (Å²) in [4.78, 5) is 14.7. The number of nitrogens with one attached hydrogen (secondary N) is 1. The number of nitrogens with two attached hydrogens (primary N) is 1. The van der Waals surface area contributed by atoms with Gasteiger partial charge in [-0.15, -0.1) is 0 Å². The molecule has 0 radical (unpaired) electrons. The maximum absolute atomic E-state index is 10.7. The SMILES string of the molecule is CC(C)(COc1ncc(Cl)cc1Cl)NC(N)=O. The highest BCUT2D eigenvalue weighted by Gasteiger charge is 2.21. The Hall–Kier alpha value is -1.20. The molecule has 3 N–H and O–H groups in total. The number of amides is 2. The third kappa shape index (κ3) is 4.66. The van der Waals surface area contributed by atoms with Crippen LogP contribution in [0.3, 0.4) is 0 Å². The van der Waals surface area contributed by atoms with E-state index in [0.29, 0.717) is 10.0 Å². The first kappa shape index (κ1) is 13.9. The Labute approximate surface area is 109 Å². The van der Waals surface area contributed by atoms with Gasteiger partial charge in [0.25, 0.3) is 0 Å². The molecule has 0 bridgehead atoms. The summed E-state index contributed by atoms with van der Waals surface area (Å²) in [5.74, 6) is 0.260. The van der Waals surface area contributed by atoms with Gasteiger partial charge in [0.1, 0.15) is 11.6 Å². The molecule has 0 saturated heterocycles. The standard InChI is InChI=1S/C10H13Cl2N3O2/c1-10(2,15-9(13)16)5-17-8-7(12)3-6(11)4-14-8/h3-4H,5H2,1-2H3,(H3,13,15,16). The van der Waals surface area contributed by atoms with Gasteiger partial charge in [-0.1, -0.05) is 23.2 Å². The third-order valence-corrected chi connectivity index (χ3v) is 2.28. The molecule has 1 aromatic heterocycles. The molecule has 94 valence electrons. The second-order valence-corrected chi connectivity index (χ2v) is 4.95. The number of ether oxygens (including phenoxy) is 1. The average molecular weight is 278 g/mol. The van der Waals surface area contributed by atoms with E-state index in [1.54, 1.807) is 13.8 Å². The number of nitrogens with zero attached hydrogens (tertiary/aromatic N) is 1. The van der Waals surface area contributed by atoms with Crippen LogP contribution in [0.25, 0.3) is 0 Å². The third-order valence-electron chi connectivity index (χ3n) is 1.81. The Bertz CT molecular complexity index is 424. The molecule has 0 aromatic carbocycles. The minimum atomic E-state index is -0.617. The first-order valence-corrected chi connectivity index (χ1v) is 5.57. The van der Waals surface area contributed by atoms with E-state index < -0.39 is 11.6 Å². The van der Waals surface area contributed by atoms with Gasteiger partial charge in [0, 0.05) is 6.20 Å². The molecule has 1 aromatic rings. The van der Waals surface area contributed by atoms with Crippen LogP contribution in [0.4, 0.5) is 4.79 Å². The number of pyridine rings is 1. The summed E-state index contributed by atoms with van der Waals surface area (Å²) < 4.78 is 5.39. The number of carbonyl (C=O) groups excluding carboxylic acids is 1. The van der Waals surface area contributed by atoms with E-state index >= 15 is 0 Å². The molecule has 0 aliphatic carbocycles. The average Bonchev–Trinajstić information content (AvgIpc) is 2.14. The summed E-state index contributed by atoms with van der Waals surface area (Å²) >= 11 is 11.6. The zero-order chi connectivity index (χ0) is 13.1. The summed E-state index contributed by atoms with van der Waals surface area (Å²) in [6, 6.07) is 0.911. The highest BCUT2D eigenvalue weighted by molar-refractivity contribution is 6.35. The van der Waals surface area contributed by atoms with E-state index in [-0.39, 0.29) is 12.5 Å². The van der Waals surface area contributed by atoms with Crippen molar-refractivity contribution in [2.24, 2.45) is 5.73 Å². The molecule has 1 rings (SSSR count). The van der Waals surface area contributed by atoms with Crippen LogP contribution >= 0.6 is 23.2 Å². The van der Waals surface area contributed by atoms with E-state index in [4.69, 9.17) is 33.7 Å². The number of hydrogen-bond donors (Lipinski definition) is 2. The summed E-state index contributed by atoms with van der Waals surface area (Å²) in [5, 5.41) is 3.28. The molecule has 0 aliphatic heterocycles. The van der Waals surface area contributed by atoms with Crippen LogP contribution in [0.2, 0.25) is 10.0 Å².